The summed E-state index contributed by atoms with van der Waals surface area (Å²) in [6, 6.07) is 30.0. The molecule has 3 aromatic carbocycles. The maximum Gasteiger partial charge on any atom is 0.454 e. The average molecular weight is 1880 g/mol. The number of aryl methyl sites for hydroxylation is 2. The van der Waals surface area contributed by atoms with Gasteiger partial charge in [0.05, 0.1) is 68.5 Å². The molecule has 8 aromatic rings. The molecule has 16 rings (SSSR count). The quantitative estimate of drug-likeness (QED) is 0.0835. The fourth-order valence-electron chi connectivity index (χ4n) is 20.6. The molecule has 0 radical (unpaired) electrons. The number of Topliss-reactive ketones (excluding diaryl/α,β-unsaturated/α-hetero) is 2. The lowest BCUT2D eigenvalue weighted by Crippen LogP contribution is -2.60. The number of sulfone groups is 1. The van der Waals surface area contributed by atoms with Crippen molar-refractivity contribution in [1.29, 1.82) is 0 Å². The number of amides is 4. The summed E-state index contributed by atoms with van der Waals surface area (Å²) in [6.07, 6.45) is -7.60. The van der Waals surface area contributed by atoms with Gasteiger partial charge in [0.25, 0.3) is 29.4 Å². The molecule has 0 bridgehead atoms. The lowest BCUT2D eigenvalue weighted by molar-refractivity contribution is -0.145. The van der Waals surface area contributed by atoms with Crippen LogP contribution in [0.2, 0.25) is 0 Å². The molecule has 0 saturated carbocycles. The van der Waals surface area contributed by atoms with E-state index in [4.69, 9.17) is 14.2 Å². The van der Waals surface area contributed by atoms with Gasteiger partial charge in [-0.25, -0.2) is 17.8 Å². The molecule has 35 heteroatoms. The second-order valence-corrected chi connectivity index (χ2v) is 41.6. The zero-order valence-corrected chi connectivity index (χ0v) is 79.8. The first-order chi connectivity index (χ1) is 62.1. The minimum Gasteiger partial charge on any atom is -0.493 e. The summed E-state index contributed by atoms with van der Waals surface area (Å²) in [7, 11) is 4.19. The van der Waals surface area contributed by atoms with Crippen LogP contribution < -0.4 is 19.5 Å². The number of rotatable bonds is 13. The smallest absolute Gasteiger partial charge is 0.454 e. The van der Waals surface area contributed by atoms with Gasteiger partial charge in [0.1, 0.15) is 28.6 Å². The number of fused-ring (bicyclic) bond motifs is 8. The first-order valence-electron chi connectivity index (χ1n) is 45.4. The van der Waals surface area contributed by atoms with Crippen molar-refractivity contribution < 1.29 is 96.7 Å². The number of hydrogen-bond acceptors (Lipinski definition) is 16. The molecule has 5 aromatic heterocycles. The highest BCUT2D eigenvalue weighted by molar-refractivity contribution is 7.92. The maximum atomic E-state index is 13.5. The number of nitrogens with zero attached hydrogens (tertiary/aromatic N) is 12. The van der Waals surface area contributed by atoms with E-state index in [0.29, 0.717) is 178 Å². The van der Waals surface area contributed by atoms with Crippen LogP contribution in [0.25, 0.3) is 0 Å². The molecule has 13 heterocycles. The normalized spacial score (nSPS) is 19.4. The third-order valence-corrected chi connectivity index (χ3v) is 30.0. The number of likely N-dealkylation sites (tertiary alicyclic amines) is 4. The molecule has 4 amide bonds. The number of carbonyl (C=O) groups is 6. The van der Waals surface area contributed by atoms with Gasteiger partial charge in [-0.15, -0.1) is 0 Å². The monoisotopic (exact) mass is 1880 g/mol. The Kier molecular flexibility index (Phi) is 28.4. The van der Waals surface area contributed by atoms with Gasteiger partial charge in [-0.05, 0) is 269 Å². The third kappa shape index (κ3) is 19.9. The van der Waals surface area contributed by atoms with E-state index in [1.54, 1.807) is 97.0 Å². The van der Waals surface area contributed by atoms with E-state index in [1.165, 1.54) is 64.9 Å². The van der Waals surface area contributed by atoms with E-state index in [0.717, 1.165) is 43.4 Å². The summed E-state index contributed by atoms with van der Waals surface area (Å²) < 4.78 is 182. The molecule has 24 nitrogen and oxygen atoms in total. The summed E-state index contributed by atoms with van der Waals surface area (Å²) in [5.41, 5.74) is 2.37. The Labute approximate surface area is 772 Å². The lowest BCUT2D eigenvalue weighted by Gasteiger charge is -2.54. The van der Waals surface area contributed by atoms with E-state index in [-0.39, 0.29) is 77.4 Å². The molecule has 1 atom stereocenters. The van der Waals surface area contributed by atoms with E-state index < -0.39 is 78.4 Å². The van der Waals surface area contributed by atoms with Crippen molar-refractivity contribution in [2.24, 2.45) is 5.41 Å². The molecule has 4 spiro atoms. The molecule has 0 aliphatic carbocycles. The largest absolute Gasteiger partial charge is 0.493 e. The van der Waals surface area contributed by atoms with Crippen LogP contribution in [0.5, 0.6) is 17.2 Å². The third-order valence-electron chi connectivity index (χ3n) is 27.8. The number of benzene rings is 3. The number of alkyl halides is 9. The summed E-state index contributed by atoms with van der Waals surface area (Å²) in [5.74, 6) is -0.915. The fourth-order valence-corrected chi connectivity index (χ4v) is 21.6. The molecule has 4 fully saturated rings. The average Bonchev–Trinajstić information content (AvgIpc) is 1.55. The van der Waals surface area contributed by atoms with Crippen LogP contribution in [-0.2, 0) is 69.5 Å². The number of aromatic nitrogens is 5. The van der Waals surface area contributed by atoms with Crippen molar-refractivity contribution in [3.8, 4) is 17.2 Å². The van der Waals surface area contributed by atoms with Gasteiger partial charge in [0, 0.05) is 156 Å². The Morgan fingerprint density at radius 1 is 0.489 bits per heavy atom. The highest BCUT2D eigenvalue weighted by atomic mass is 32.2. The standard InChI is InChI=1S/C27H37N3O4S.C26H33F3N4O3.C24H30F3N3O3.C21H23F4N3O.H2/c1-19(2)35(33,34)21-9-7-20(8-10-21)25(32)29-15-13-27(14-16-29)23-12-11-22(24(31)26(3,4)5)30(23)18-17-28(27)6;1-16(2)36-20-8-7-19(30-17(20)3)23(35)32-11-9-25(10-12-32)21-13-18(22(34)26(27,28)29)14-33(21)24(4,5)15-31(25)6;1-15(2)33-18-6-5-17(13-19(18)32-4)22(31)29-11-9-23(10-12-29)20-7-8-21(24(25,26)27)30(20)14-16(3)28-23;1-14-13-15(3-4-16(14)22)19(29)27-9-7-20(8-10-27)17-5-6-18(21(23,24)25)28(17)12-11-26(20)2;/h7-12,19H,13-18H2,1-6H3;7-8,13-14,16H,9-12,15H2,1-6H3;5-8,13,15-16,28H,9-12,14H2,1-4H3;3-6,13H,7-12H2,1-2H3;1H/t;;16-;;/m..1../s1. The zero-order chi connectivity index (χ0) is 97.3. The number of ketones is 2. The summed E-state index contributed by atoms with van der Waals surface area (Å²) in [5, 5.41) is 3.03. The molecular weight excluding hydrogens is 1760 g/mol. The lowest BCUT2D eigenvalue weighted by atomic mass is 9.78. The van der Waals surface area contributed by atoms with Crippen LogP contribution in [0.1, 0.15) is 244 Å². The fraction of sp³-hybridized carbons (Fsp3) is 0.541. The number of nitrogens with one attached hydrogen (secondary N) is 1. The van der Waals surface area contributed by atoms with Crippen molar-refractivity contribution >= 4 is 45.0 Å². The Morgan fingerprint density at radius 3 is 1.44 bits per heavy atom. The number of likely N-dealkylation sites (N-methyl/N-ethyl adjacent to an activating group) is 3. The number of halogens is 10. The van der Waals surface area contributed by atoms with Gasteiger partial charge in [0.2, 0.25) is 0 Å². The van der Waals surface area contributed by atoms with Gasteiger partial charge in [-0.2, -0.15) is 39.5 Å². The van der Waals surface area contributed by atoms with Crippen LogP contribution in [0.4, 0.5) is 43.9 Å². The predicted octanol–water partition coefficient (Wildman–Crippen LogP) is 17.2. The highest BCUT2D eigenvalue weighted by Crippen LogP contribution is 2.50. The van der Waals surface area contributed by atoms with E-state index in [9.17, 15) is 81.1 Å². The van der Waals surface area contributed by atoms with E-state index >= 15 is 0 Å². The first-order valence-corrected chi connectivity index (χ1v) is 47.0. The summed E-state index contributed by atoms with van der Waals surface area (Å²) in [4.78, 5) is 95.9. The van der Waals surface area contributed by atoms with Gasteiger partial charge in [-0.1, -0.05) is 20.8 Å². The van der Waals surface area contributed by atoms with Crippen molar-refractivity contribution in [1.82, 2.24) is 62.9 Å². The predicted molar refractivity (Wildman–Crippen MR) is 484 cm³/mol. The summed E-state index contributed by atoms with van der Waals surface area (Å²) >= 11 is 0. The Hall–Kier alpha value is -10.4. The van der Waals surface area contributed by atoms with Crippen LogP contribution in [0.3, 0.4) is 0 Å². The second-order valence-electron chi connectivity index (χ2n) is 39.1. The van der Waals surface area contributed by atoms with Crippen LogP contribution in [0.15, 0.2) is 126 Å². The van der Waals surface area contributed by atoms with E-state index in [1.807, 2.05) is 98.9 Å². The van der Waals surface area contributed by atoms with Gasteiger partial charge in [0.15, 0.2) is 27.1 Å². The minimum absolute atomic E-state index is 0. The molecule has 8 aliphatic heterocycles. The SMILES string of the molecule is CC(C)S(=O)(=O)c1ccc(C(=O)N2CCC3(CC2)c2ccc(C(=O)C(C)(C)C)n2CCN3C)cc1.COc1cc(C(=O)N2CCC3(CC2)N[C@H](C)Cn2c(C(F)(F)F)ccc23)ccc1OC(C)C.Cc1cc(C(=O)N2CCC3(CC2)c2ccc(C(F)(F)F)n2CCN3C)ccc1F.Cc1nc(C(=O)N2CCC3(CC2)c2cc(C(=O)C(F)(F)F)cn2C(C)(C)CN3C)ccc1OC(C)C.[HH]. The minimum atomic E-state index is -4.93. The summed E-state index contributed by atoms with van der Waals surface area (Å²) in [6.45, 7) is 33.2. The maximum absolute atomic E-state index is 13.5. The molecular formula is C98H125F10N13O11S. The first kappa shape index (κ1) is 100. The number of pyridine rings is 1. The Bertz CT molecular complexity index is 5780. The number of ether oxygens (including phenoxy) is 3. The molecule has 0 unspecified atom stereocenters. The zero-order valence-electron chi connectivity index (χ0n) is 79.0. The second kappa shape index (κ2) is 37.7. The number of methoxy groups -OCH3 is 1. The molecule has 4 saturated heterocycles. The van der Waals surface area contributed by atoms with Crippen LogP contribution in [0, 0.1) is 25.1 Å². The van der Waals surface area contributed by atoms with Crippen LogP contribution in [-0.4, -0.2) is 231 Å². The molecule has 8 aliphatic rings. The van der Waals surface area contributed by atoms with Crippen molar-refractivity contribution in [3.05, 3.63) is 206 Å². The Balaban J connectivity index is 0.000000161. The molecule has 133 heavy (non-hydrogen) atoms. The van der Waals surface area contributed by atoms with Crippen molar-refractivity contribution in [2.75, 3.05) is 100 Å². The van der Waals surface area contributed by atoms with Gasteiger partial charge in [-0.3, -0.25) is 43.5 Å². The molecule has 724 valence electrons. The highest BCUT2D eigenvalue weighted by Gasteiger charge is 2.54. The van der Waals surface area contributed by atoms with Gasteiger partial charge >= 0.3 is 18.5 Å². The number of carbonyl (C=O) groups excluding carboxylic acids is 6. The van der Waals surface area contributed by atoms with Crippen molar-refractivity contribution in [2.45, 2.75) is 243 Å². The number of piperidine rings is 4. The number of hydrogen-bond donors (Lipinski definition) is 1. The topological polar surface area (TPSA) is 232 Å². The van der Waals surface area contributed by atoms with Crippen molar-refractivity contribution in [3.63, 3.8) is 0 Å². The van der Waals surface area contributed by atoms with Gasteiger partial charge < -0.3 is 57.4 Å². The molecule has 1 N–H and O–H groups in total. The van der Waals surface area contributed by atoms with Crippen LogP contribution >= 0.6 is 0 Å². The Morgan fingerprint density at radius 2 is 0.940 bits per heavy atom. The van der Waals surface area contributed by atoms with E-state index in [2.05, 4.69) is 42.7 Å².